The van der Waals surface area contributed by atoms with Gasteiger partial charge in [-0.1, -0.05) is 18.2 Å². The number of benzene rings is 2. The van der Waals surface area contributed by atoms with Gasteiger partial charge in [-0.05, 0) is 36.4 Å². The van der Waals surface area contributed by atoms with Crippen LogP contribution in [0.1, 0.15) is 29.6 Å². The van der Waals surface area contributed by atoms with Crippen LogP contribution in [-0.4, -0.2) is 36.8 Å². The van der Waals surface area contributed by atoms with E-state index in [0.717, 1.165) is 4.90 Å². The number of amides is 3. The molecule has 8 heteroatoms. The Morgan fingerprint density at radius 3 is 2.23 bits per heavy atom. The summed E-state index contributed by atoms with van der Waals surface area (Å²) >= 11 is 0. The monoisotopic (exact) mass is 405 g/mol. The molecule has 0 N–H and O–H groups in total. The highest BCUT2D eigenvalue weighted by molar-refractivity contribution is 6.19. The van der Waals surface area contributed by atoms with E-state index in [4.69, 9.17) is 10.00 Å². The van der Waals surface area contributed by atoms with Gasteiger partial charge >= 0.3 is 5.97 Å². The summed E-state index contributed by atoms with van der Waals surface area (Å²) in [7, 11) is 0. The van der Waals surface area contributed by atoms with Gasteiger partial charge in [0.15, 0.2) is 6.61 Å². The van der Waals surface area contributed by atoms with E-state index in [1.807, 2.05) is 12.1 Å². The molecule has 1 aliphatic rings. The highest BCUT2D eigenvalue weighted by Gasteiger charge is 2.30. The molecule has 152 valence electrons. The minimum absolute atomic E-state index is 0.143. The summed E-state index contributed by atoms with van der Waals surface area (Å²) in [6.07, 6.45) is 0.493. The quantitative estimate of drug-likeness (QED) is 0.517. The van der Waals surface area contributed by atoms with E-state index in [-0.39, 0.29) is 43.2 Å². The smallest absolute Gasteiger partial charge is 0.338 e. The molecule has 0 aromatic heterocycles. The molecule has 0 spiro atoms. The number of para-hydroxylation sites is 1. The average molecular weight is 405 g/mol. The van der Waals surface area contributed by atoms with Gasteiger partial charge in [0.05, 0.1) is 23.7 Å². The zero-order valence-electron chi connectivity index (χ0n) is 16.1. The van der Waals surface area contributed by atoms with Crippen molar-refractivity contribution in [2.24, 2.45) is 0 Å². The largest absolute Gasteiger partial charge is 0.452 e. The Kier molecular flexibility index (Phi) is 6.55. The lowest BCUT2D eigenvalue weighted by molar-refractivity contribution is -0.122. The van der Waals surface area contributed by atoms with Crippen LogP contribution >= 0.6 is 0 Å². The SMILES string of the molecule is N#CCCN(C(=O)COC(=O)c1ccc(N2C(=O)CCC2=O)cc1)c1ccccc1. The number of nitrogens with zero attached hydrogens (tertiary/aromatic N) is 3. The molecule has 0 aliphatic carbocycles. The topological polar surface area (TPSA) is 108 Å². The van der Waals surface area contributed by atoms with Crippen LogP contribution in [0.2, 0.25) is 0 Å². The lowest BCUT2D eigenvalue weighted by Gasteiger charge is -2.21. The molecule has 0 saturated carbocycles. The van der Waals surface area contributed by atoms with Crippen molar-refractivity contribution in [3.63, 3.8) is 0 Å². The Labute approximate surface area is 173 Å². The summed E-state index contributed by atoms with van der Waals surface area (Å²) in [5, 5.41) is 8.83. The maximum absolute atomic E-state index is 12.5. The molecule has 1 heterocycles. The third-order valence-electron chi connectivity index (χ3n) is 4.56. The molecule has 3 amide bonds. The van der Waals surface area contributed by atoms with Crippen molar-refractivity contribution in [2.75, 3.05) is 23.0 Å². The fourth-order valence-corrected chi connectivity index (χ4v) is 3.07. The lowest BCUT2D eigenvalue weighted by Crippen LogP contribution is -2.35. The van der Waals surface area contributed by atoms with Crippen LogP contribution in [0.5, 0.6) is 0 Å². The summed E-state index contributed by atoms with van der Waals surface area (Å²) in [6, 6.07) is 16.7. The molecule has 8 nitrogen and oxygen atoms in total. The zero-order valence-corrected chi connectivity index (χ0v) is 16.1. The van der Waals surface area contributed by atoms with Crippen molar-refractivity contribution in [2.45, 2.75) is 19.3 Å². The maximum Gasteiger partial charge on any atom is 0.338 e. The van der Waals surface area contributed by atoms with Crippen LogP contribution in [0.4, 0.5) is 11.4 Å². The van der Waals surface area contributed by atoms with Gasteiger partial charge in [-0.2, -0.15) is 5.26 Å². The van der Waals surface area contributed by atoms with Gasteiger partial charge in [0.2, 0.25) is 11.8 Å². The number of carbonyl (C=O) groups is 4. The van der Waals surface area contributed by atoms with Crippen molar-refractivity contribution < 1.29 is 23.9 Å². The van der Waals surface area contributed by atoms with Crippen molar-refractivity contribution in [1.29, 1.82) is 5.26 Å². The predicted molar refractivity (Wildman–Crippen MR) is 107 cm³/mol. The van der Waals surface area contributed by atoms with Crippen LogP contribution in [0.3, 0.4) is 0 Å². The molecule has 0 atom stereocenters. The Bertz CT molecular complexity index is 980. The molecule has 0 radical (unpaired) electrons. The van der Waals surface area contributed by atoms with E-state index < -0.39 is 18.5 Å². The molecule has 1 aliphatic heterocycles. The molecule has 3 rings (SSSR count). The maximum atomic E-state index is 12.5. The Balaban J connectivity index is 1.62. The molecule has 2 aromatic carbocycles. The highest BCUT2D eigenvalue weighted by Crippen LogP contribution is 2.23. The van der Waals surface area contributed by atoms with Crippen LogP contribution < -0.4 is 9.80 Å². The van der Waals surface area contributed by atoms with Gasteiger partial charge < -0.3 is 9.64 Å². The fourth-order valence-electron chi connectivity index (χ4n) is 3.07. The molecule has 0 bridgehead atoms. The van der Waals surface area contributed by atoms with E-state index in [0.29, 0.717) is 11.4 Å². The summed E-state index contributed by atoms with van der Waals surface area (Å²) in [5.74, 6) is -1.71. The number of hydrogen-bond acceptors (Lipinski definition) is 6. The zero-order chi connectivity index (χ0) is 21.5. The number of imide groups is 1. The van der Waals surface area contributed by atoms with Crippen molar-refractivity contribution in [3.8, 4) is 6.07 Å². The first-order valence-electron chi connectivity index (χ1n) is 9.36. The molecule has 30 heavy (non-hydrogen) atoms. The third-order valence-corrected chi connectivity index (χ3v) is 4.56. The summed E-state index contributed by atoms with van der Waals surface area (Å²) < 4.78 is 5.12. The second-order valence-electron chi connectivity index (χ2n) is 6.53. The van der Waals surface area contributed by atoms with Gasteiger partial charge in [-0.15, -0.1) is 0 Å². The third kappa shape index (κ3) is 4.70. The van der Waals surface area contributed by atoms with E-state index >= 15 is 0 Å². The van der Waals surface area contributed by atoms with Crippen LogP contribution in [-0.2, 0) is 19.1 Å². The molecular formula is C22H19N3O5. The van der Waals surface area contributed by atoms with Crippen LogP contribution in [0.25, 0.3) is 0 Å². The van der Waals surface area contributed by atoms with Gasteiger partial charge in [0, 0.05) is 25.1 Å². The summed E-state index contributed by atoms with van der Waals surface area (Å²) in [5.41, 5.74) is 1.19. The average Bonchev–Trinajstić information content (AvgIpc) is 3.11. The van der Waals surface area contributed by atoms with E-state index in [9.17, 15) is 19.2 Å². The van der Waals surface area contributed by atoms with E-state index in [2.05, 4.69) is 0 Å². The fraction of sp³-hybridized carbons (Fsp3) is 0.227. The molecule has 2 aromatic rings. The van der Waals surface area contributed by atoms with Crippen molar-refractivity contribution >= 4 is 35.1 Å². The number of rotatable bonds is 7. The number of nitriles is 1. The minimum Gasteiger partial charge on any atom is -0.452 e. The summed E-state index contributed by atoms with van der Waals surface area (Å²) in [4.78, 5) is 50.9. The van der Waals surface area contributed by atoms with Gasteiger partial charge in [0.25, 0.3) is 5.91 Å². The first-order chi connectivity index (χ1) is 14.5. The van der Waals surface area contributed by atoms with E-state index in [1.165, 1.54) is 29.2 Å². The molecule has 1 saturated heterocycles. The normalized spacial score (nSPS) is 13.1. The second-order valence-corrected chi connectivity index (χ2v) is 6.53. The summed E-state index contributed by atoms with van der Waals surface area (Å²) in [6.45, 7) is -0.298. The van der Waals surface area contributed by atoms with Gasteiger partial charge in [-0.25, -0.2) is 4.79 Å². The molecule has 0 unspecified atom stereocenters. The number of ether oxygens (including phenoxy) is 1. The Morgan fingerprint density at radius 1 is 1.00 bits per heavy atom. The van der Waals surface area contributed by atoms with Crippen LogP contribution in [0, 0.1) is 11.3 Å². The first kappa shape index (κ1) is 20.7. The highest BCUT2D eigenvalue weighted by atomic mass is 16.5. The lowest BCUT2D eigenvalue weighted by atomic mass is 10.2. The number of anilines is 2. The van der Waals surface area contributed by atoms with Crippen LogP contribution in [0.15, 0.2) is 54.6 Å². The van der Waals surface area contributed by atoms with Crippen molar-refractivity contribution in [1.82, 2.24) is 0 Å². The first-order valence-corrected chi connectivity index (χ1v) is 9.36. The standard InChI is InChI=1S/C22H19N3O5/c23-13-4-14-24(17-5-2-1-3-6-17)21(28)15-30-22(29)16-7-9-18(10-8-16)25-19(26)11-12-20(25)27/h1-3,5-10H,4,11-12,14-15H2. The molecular weight excluding hydrogens is 386 g/mol. The van der Waals surface area contributed by atoms with Gasteiger partial charge in [0.1, 0.15) is 0 Å². The number of carbonyl (C=O) groups excluding carboxylic acids is 4. The predicted octanol–water partition coefficient (Wildman–Crippen LogP) is 2.44. The Morgan fingerprint density at radius 2 is 1.63 bits per heavy atom. The number of hydrogen-bond donors (Lipinski definition) is 0. The van der Waals surface area contributed by atoms with Crippen molar-refractivity contribution in [3.05, 3.63) is 60.2 Å². The number of esters is 1. The minimum atomic E-state index is -0.706. The van der Waals surface area contributed by atoms with Gasteiger partial charge in [-0.3, -0.25) is 19.3 Å². The second kappa shape index (κ2) is 9.47. The van der Waals surface area contributed by atoms with E-state index in [1.54, 1.807) is 24.3 Å². The Hall–Kier alpha value is -3.99. The molecule has 1 fully saturated rings.